The van der Waals surface area contributed by atoms with Crippen molar-refractivity contribution in [3.05, 3.63) is 28.8 Å². The summed E-state index contributed by atoms with van der Waals surface area (Å²) in [6.45, 7) is 11.7. The summed E-state index contributed by atoms with van der Waals surface area (Å²) in [4.78, 5) is 11.8. The van der Waals surface area contributed by atoms with E-state index in [4.69, 9.17) is 16.3 Å². The van der Waals surface area contributed by atoms with Gasteiger partial charge >= 0.3 is 0 Å². The zero-order valence-electron chi connectivity index (χ0n) is 14.5. The van der Waals surface area contributed by atoms with Gasteiger partial charge < -0.3 is 15.4 Å². The van der Waals surface area contributed by atoms with Crippen LogP contribution in [-0.4, -0.2) is 24.6 Å². The standard InChI is InChI=1S/C17H27ClN2O2.ClH/c1-12(2)9-19-10-13-8-14(18)6-7-15(13)22-11-16(21)20-17(3,4)5;/h6-8,12,19H,9-11H2,1-5H3,(H,20,21);1H. The number of amides is 1. The molecule has 0 bridgehead atoms. The predicted octanol–water partition coefficient (Wildman–Crippen LogP) is 3.80. The summed E-state index contributed by atoms with van der Waals surface area (Å²) in [6.07, 6.45) is 0. The molecule has 1 rings (SSSR count). The van der Waals surface area contributed by atoms with E-state index in [1.54, 1.807) is 12.1 Å². The molecule has 0 atom stereocenters. The summed E-state index contributed by atoms with van der Waals surface area (Å²) in [5.74, 6) is 1.12. The van der Waals surface area contributed by atoms with Gasteiger partial charge in [-0.3, -0.25) is 4.79 Å². The van der Waals surface area contributed by atoms with E-state index >= 15 is 0 Å². The van der Waals surface area contributed by atoms with Crippen LogP contribution in [0.4, 0.5) is 0 Å². The Labute approximate surface area is 150 Å². The molecule has 0 saturated carbocycles. The fraction of sp³-hybridized carbons (Fsp3) is 0.588. The van der Waals surface area contributed by atoms with Crippen molar-refractivity contribution in [1.29, 1.82) is 0 Å². The molecule has 0 aliphatic heterocycles. The van der Waals surface area contributed by atoms with Gasteiger partial charge in [-0.25, -0.2) is 0 Å². The molecule has 6 heteroatoms. The second-order valence-corrected chi connectivity index (χ2v) is 7.30. The number of carbonyl (C=O) groups is 1. The van der Waals surface area contributed by atoms with Gasteiger partial charge in [0.1, 0.15) is 5.75 Å². The maximum absolute atomic E-state index is 11.8. The molecule has 0 aliphatic carbocycles. The van der Waals surface area contributed by atoms with Gasteiger partial charge in [0.25, 0.3) is 5.91 Å². The van der Waals surface area contributed by atoms with E-state index < -0.39 is 0 Å². The number of nitrogens with one attached hydrogen (secondary N) is 2. The van der Waals surface area contributed by atoms with E-state index in [0.717, 1.165) is 12.1 Å². The van der Waals surface area contributed by atoms with E-state index in [1.165, 1.54) is 0 Å². The maximum Gasteiger partial charge on any atom is 0.258 e. The highest BCUT2D eigenvalue weighted by Gasteiger charge is 2.14. The Bertz CT molecular complexity index is 500. The first-order valence-corrected chi connectivity index (χ1v) is 7.98. The summed E-state index contributed by atoms with van der Waals surface area (Å²) in [5.41, 5.74) is 0.693. The molecule has 0 aromatic heterocycles. The van der Waals surface area contributed by atoms with Gasteiger partial charge in [0.15, 0.2) is 6.61 Å². The number of rotatable bonds is 7. The largest absolute Gasteiger partial charge is 0.483 e. The fourth-order valence-electron chi connectivity index (χ4n) is 1.92. The third-order valence-electron chi connectivity index (χ3n) is 2.76. The molecule has 0 aliphatic rings. The van der Waals surface area contributed by atoms with Gasteiger partial charge in [-0.1, -0.05) is 25.4 Å². The van der Waals surface area contributed by atoms with E-state index in [9.17, 15) is 4.79 Å². The first-order valence-electron chi connectivity index (χ1n) is 7.60. The number of halogens is 2. The lowest BCUT2D eigenvalue weighted by molar-refractivity contribution is -0.124. The number of hydrogen-bond acceptors (Lipinski definition) is 3. The van der Waals surface area contributed by atoms with Crippen LogP contribution in [0.3, 0.4) is 0 Å². The molecular weight excluding hydrogens is 335 g/mol. The average molecular weight is 363 g/mol. The van der Waals surface area contributed by atoms with Gasteiger partial charge in [-0.05, 0) is 51.4 Å². The lowest BCUT2D eigenvalue weighted by atomic mass is 10.1. The zero-order chi connectivity index (χ0) is 16.8. The number of benzene rings is 1. The minimum Gasteiger partial charge on any atom is -0.483 e. The smallest absolute Gasteiger partial charge is 0.258 e. The van der Waals surface area contributed by atoms with Crippen LogP contribution in [-0.2, 0) is 11.3 Å². The van der Waals surface area contributed by atoms with E-state index in [-0.39, 0.29) is 30.5 Å². The minimum absolute atomic E-state index is 0. The van der Waals surface area contributed by atoms with Crippen LogP contribution in [0.15, 0.2) is 18.2 Å². The Balaban J connectivity index is 0.00000484. The van der Waals surface area contributed by atoms with Crippen LogP contribution in [0, 0.1) is 5.92 Å². The minimum atomic E-state index is -0.262. The Kier molecular flexibility index (Phi) is 9.59. The van der Waals surface area contributed by atoms with Crippen LogP contribution >= 0.6 is 24.0 Å². The molecule has 4 nitrogen and oxygen atoms in total. The van der Waals surface area contributed by atoms with Crippen molar-refractivity contribution in [2.75, 3.05) is 13.2 Å². The number of hydrogen-bond donors (Lipinski definition) is 2. The monoisotopic (exact) mass is 362 g/mol. The first kappa shape index (κ1) is 22.0. The molecule has 0 unspecified atom stereocenters. The fourth-order valence-corrected chi connectivity index (χ4v) is 2.11. The molecule has 1 aromatic rings. The quantitative estimate of drug-likeness (QED) is 0.775. The Hall–Kier alpha value is -0.970. The SMILES string of the molecule is CC(C)CNCc1cc(Cl)ccc1OCC(=O)NC(C)(C)C.Cl. The molecule has 132 valence electrons. The molecule has 0 saturated heterocycles. The van der Waals surface area contributed by atoms with Crippen molar-refractivity contribution in [3.8, 4) is 5.75 Å². The van der Waals surface area contributed by atoms with Crippen LogP contribution in [0.25, 0.3) is 0 Å². The highest BCUT2D eigenvalue weighted by Crippen LogP contribution is 2.23. The predicted molar refractivity (Wildman–Crippen MR) is 98.6 cm³/mol. The van der Waals surface area contributed by atoms with Gasteiger partial charge in [0.2, 0.25) is 0 Å². The second kappa shape index (κ2) is 10.0. The molecule has 2 N–H and O–H groups in total. The lowest BCUT2D eigenvalue weighted by Gasteiger charge is -2.21. The van der Waals surface area contributed by atoms with Crippen LogP contribution in [0.1, 0.15) is 40.2 Å². The maximum atomic E-state index is 11.8. The zero-order valence-corrected chi connectivity index (χ0v) is 16.1. The van der Waals surface area contributed by atoms with E-state index in [2.05, 4.69) is 24.5 Å². The van der Waals surface area contributed by atoms with Crippen molar-refractivity contribution in [3.63, 3.8) is 0 Å². The van der Waals surface area contributed by atoms with Gasteiger partial charge in [0.05, 0.1) is 0 Å². The average Bonchev–Trinajstić information content (AvgIpc) is 2.35. The van der Waals surface area contributed by atoms with Crippen molar-refractivity contribution >= 4 is 29.9 Å². The Morgan fingerprint density at radius 2 is 1.96 bits per heavy atom. The van der Waals surface area contributed by atoms with Crippen molar-refractivity contribution < 1.29 is 9.53 Å². The Morgan fingerprint density at radius 1 is 1.30 bits per heavy atom. The number of ether oxygens (including phenoxy) is 1. The molecule has 1 aromatic carbocycles. The van der Waals surface area contributed by atoms with E-state index in [0.29, 0.717) is 23.2 Å². The number of carbonyl (C=O) groups excluding carboxylic acids is 1. The third-order valence-corrected chi connectivity index (χ3v) is 3.00. The molecule has 0 radical (unpaired) electrons. The highest BCUT2D eigenvalue weighted by atomic mass is 35.5. The normalized spacial score (nSPS) is 11.1. The molecule has 23 heavy (non-hydrogen) atoms. The topological polar surface area (TPSA) is 50.4 Å². The molecule has 0 fully saturated rings. The molecule has 0 spiro atoms. The molecule has 0 heterocycles. The molecular formula is C17H28Cl2N2O2. The summed E-state index contributed by atoms with van der Waals surface area (Å²) < 4.78 is 5.65. The van der Waals surface area contributed by atoms with Crippen LogP contribution in [0.5, 0.6) is 5.75 Å². The molecule has 1 amide bonds. The van der Waals surface area contributed by atoms with Crippen molar-refractivity contribution in [1.82, 2.24) is 10.6 Å². The third kappa shape index (κ3) is 9.69. The van der Waals surface area contributed by atoms with Gasteiger partial charge in [0, 0.05) is 22.7 Å². The lowest BCUT2D eigenvalue weighted by Crippen LogP contribution is -2.43. The van der Waals surface area contributed by atoms with E-state index in [1.807, 2.05) is 26.8 Å². The van der Waals surface area contributed by atoms with Crippen molar-refractivity contribution in [2.45, 2.75) is 46.7 Å². The second-order valence-electron chi connectivity index (χ2n) is 6.86. The Morgan fingerprint density at radius 3 is 2.52 bits per heavy atom. The summed E-state index contributed by atoms with van der Waals surface area (Å²) in [5, 5.41) is 6.89. The van der Waals surface area contributed by atoms with Crippen LogP contribution < -0.4 is 15.4 Å². The van der Waals surface area contributed by atoms with Gasteiger partial charge in [-0.2, -0.15) is 0 Å². The summed E-state index contributed by atoms with van der Waals surface area (Å²) in [6, 6.07) is 5.44. The summed E-state index contributed by atoms with van der Waals surface area (Å²) >= 11 is 6.05. The highest BCUT2D eigenvalue weighted by molar-refractivity contribution is 6.30. The van der Waals surface area contributed by atoms with Crippen molar-refractivity contribution in [2.24, 2.45) is 5.92 Å². The van der Waals surface area contributed by atoms with Gasteiger partial charge in [-0.15, -0.1) is 12.4 Å². The summed E-state index contributed by atoms with van der Waals surface area (Å²) in [7, 11) is 0. The van der Waals surface area contributed by atoms with Crippen LogP contribution in [0.2, 0.25) is 5.02 Å². The first-order chi connectivity index (χ1) is 10.2.